The monoisotopic (exact) mass is 563 g/mol. The summed E-state index contributed by atoms with van der Waals surface area (Å²) in [6.45, 7) is 5.57. The van der Waals surface area contributed by atoms with Crippen molar-refractivity contribution in [1.29, 1.82) is 0 Å². The van der Waals surface area contributed by atoms with E-state index >= 15 is 0 Å². The highest BCUT2D eigenvalue weighted by molar-refractivity contribution is 5.90. The number of aliphatic carboxylic acids is 1. The Balaban J connectivity index is 1.19. The van der Waals surface area contributed by atoms with E-state index in [1.807, 2.05) is 93.6 Å². The Morgan fingerprint density at radius 1 is 0.786 bits per heavy atom. The molecule has 1 amide bonds. The fraction of sp³-hybridized carbons (Fsp3) is 0.229. The third-order valence-electron chi connectivity index (χ3n) is 7.18. The molecule has 0 radical (unpaired) electrons. The predicted octanol–water partition coefficient (Wildman–Crippen LogP) is 6.84. The molecule has 0 unspecified atom stereocenters. The Kier molecular flexibility index (Phi) is 8.11. The summed E-state index contributed by atoms with van der Waals surface area (Å²) in [5.74, 6) is -1.64. The van der Waals surface area contributed by atoms with E-state index in [2.05, 4.69) is 17.4 Å². The number of carbonyl (C=O) groups excluding carboxylic acids is 2. The van der Waals surface area contributed by atoms with Gasteiger partial charge in [0.1, 0.15) is 18.2 Å². The van der Waals surface area contributed by atoms with Crippen LogP contribution in [0.15, 0.2) is 97.1 Å². The molecule has 7 nitrogen and oxygen atoms in total. The fourth-order valence-corrected chi connectivity index (χ4v) is 5.19. The quantitative estimate of drug-likeness (QED) is 0.228. The highest BCUT2D eigenvalue weighted by Gasteiger charge is 2.30. The first-order valence-electron chi connectivity index (χ1n) is 13.9. The number of hydrogen-bond acceptors (Lipinski definition) is 5. The van der Waals surface area contributed by atoms with Gasteiger partial charge in [0, 0.05) is 12.3 Å². The highest BCUT2D eigenvalue weighted by Crippen LogP contribution is 2.44. The number of hydrogen-bond donors (Lipinski definition) is 2. The Labute approximate surface area is 245 Å². The summed E-state index contributed by atoms with van der Waals surface area (Å²) in [7, 11) is 0. The van der Waals surface area contributed by atoms with Gasteiger partial charge in [-0.25, -0.2) is 14.4 Å². The molecule has 0 aliphatic heterocycles. The maximum atomic E-state index is 12.7. The molecule has 0 bridgehead atoms. The molecular weight excluding hydrogens is 530 g/mol. The molecule has 0 spiro atoms. The SMILES string of the molecule is CC(C)(C)OC(=O)c1ccc(-c2ccc(C[C@@H](NC(=O)OCC3c4ccccc4-c4ccccc43)C(=O)O)cc2)cc1. The van der Waals surface area contributed by atoms with E-state index in [1.54, 1.807) is 12.1 Å². The van der Waals surface area contributed by atoms with Gasteiger partial charge in [0.05, 0.1) is 5.56 Å². The van der Waals surface area contributed by atoms with E-state index in [-0.39, 0.29) is 24.9 Å². The van der Waals surface area contributed by atoms with Crippen LogP contribution in [0.5, 0.6) is 0 Å². The van der Waals surface area contributed by atoms with Crippen molar-refractivity contribution in [2.75, 3.05) is 6.61 Å². The highest BCUT2D eigenvalue weighted by atomic mass is 16.6. The molecular formula is C35H33NO6. The van der Waals surface area contributed by atoms with Crippen LogP contribution in [0.4, 0.5) is 4.79 Å². The second kappa shape index (κ2) is 11.9. The molecule has 7 heteroatoms. The molecule has 4 aromatic carbocycles. The van der Waals surface area contributed by atoms with E-state index in [1.165, 1.54) is 0 Å². The predicted molar refractivity (Wildman–Crippen MR) is 160 cm³/mol. The molecule has 2 N–H and O–H groups in total. The number of esters is 1. The summed E-state index contributed by atoms with van der Waals surface area (Å²) in [4.78, 5) is 37.0. The molecule has 1 aliphatic rings. The third kappa shape index (κ3) is 6.52. The van der Waals surface area contributed by atoms with E-state index < -0.39 is 23.7 Å². The number of carbonyl (C=O) groups is 3. The summed E-state index contributed by atoms with van der Waals surface area (Å²) in [5.41, 5.74) is 6.86. The lowest BCUT2D eigenvalue weighted by molar-refractivity contribution is -0.139. The summed E-state index contributed by atoms with van der Waals surface area (Å²) in [5, 5.41) is 12.3. The van der Waals surface area contributed by atoms with Crippen LogP contribution < -0.4 is 5.32 Å². The number of benzene rings is 4. The van der Waals surface area contributed by atoms with Crippen LogP contribution in [0.2, 0.25) is 0 Å². The van der Waals surface area contributed by atoms with Gasteiger partial charge in [0.15, 0.2) is 0 Å². The van der Waals surface area contributed by atoms with Crippen molar-refractivity contribution in [3.63, 3.8) is 0 Å². The van der Waals surface area contributed by atoms with Crippen molar-refractivity contribution in [2.24, 2.45) is 0 Å². The molecule has 1 aliphatic carbocycles. The number of rotatable bonds is 8. The second-order valence-electron chi connectivity index (χ2n) is 11.3. The van der Waals surface area contributed by atoms with Gasteiger partial charge in [-0.2, -0.15) is 0 Å². The van der Waals surface area contributed by atoms with Gasteiger partial charge in [0.25, 0.3) is 0 Å². The average molecular weight is 564 g/mol. The van der Waals surface area contributed by atoms with E-state index in [9.17, 15) is 19.5 Å². The number of carboxylic acid groups (broad SMARTS) is 1. The van der Waals surface area contributed by atoms with Gasteiger partial charge < -0.3 is 19.9 Å². The molecule has 214 valence electrons. The second-order valence-corrected chi connectivity index (χ2v) is 11.3. The standard InChI is InChI=1S/C35H33NO6/c1-35(2,3)42-33(39)25-18-16-24(17-19-25)23-14-12-22(13-15-23)20-31(32(37)38)36-34(40)41-21-30-28-10-6-4-8-26(28)27-9-5-7-11-29(27)30/h4-19,30-31H,20-21H2,1-3H3,(H,36,40)(H,37,38)/t31-/m1/s1. The molecule has 42 heavy (non-hydrogen) atoms. The number of fused-ring (bicyclic) bond motifs is 3. The Morgan fingerprint density at radius 3 is 1.83 bits per heavy atom. The molecule has 0 saturated carbocycles. The molecule has 0 saturated heterocycles. The first-order chi connectivity index (χ1) is 20.1. The minimum absolute atomic E-state index is 0.0946. The van der Waals surface area contributed by atoms with E-state index in [0.717, 1.165) is 38.9 Å². The van der Waals surface area contributed by atoms with Crippen molar-refractivity contribution in [2.45, 2.75) is 44.8 Å². The van der Waals surface area contributed by atoms with Crippen LogP contribution in [0, 0.1) is 0 Å². The smallest absolute Gasteiger partial charge is 0.407 e. The number of amides is 1. The third-order valence-corrected chi connectivity index (χ3v) is 7.18. The number of nitrogens with one attached hydrogen (secondary N) is 1. The summed E-state index contributed by atoms with van der Waals surface area (Å²) < 4.78 is 11.0. The van der Waals surface area contributed by atoms with Crippen molar-refractivity contribution < 1.29 is 29.0 Å². The lowest BCUT2D eigenvalue weighted by Gasteiger charge is -2.19. The first-order valence-corrected chi connectivity index (χ1v) is 13.9. The van der Waals surface area contributed by atoms with Gasteiger partial charge in [-0.05, 0) is 71.8 Å². The Hall–Kier alpha value is -4.91. The molecule has 5 rings (SSSR count). The van der Waals surface area contributed by atoms with Crippen LogP contribution >= 0.6 is 0 Å². The van der Waals surface area contributed by atoms with Gasteiger partial charge in [0.2, 0.25) is 0 Å². The largest absolute Gasteiger partial charge is 0.480 e. The Bertz CT molecular complexity index is 1560. The van der Waals surface area contributed by atoms with Crippen molar-refractivity contribution in [3.05, 3.63) is 119 Å². The van der Waals surface area contributed by atoms with Crippen LogP contribution in [0.1, 0.15) is 53.7 Å². The zero-order valence-electron chi connectivity index (χ0n) is 23.8. The topological polar surface area (TPSA) is 102 Å². The maximum Gasteiger partial charge on any atom is 0.407 e. The van der Waals surface area contributed by atoms with E-state index in [0.29, 0.717) is 5.56 Å². The summed E-state index contributed by atoms with van der Waals surface area (Å²) in [6.07, 6.45) is -0.678. The van der Waals surface area contributed by atoms with Crippen molar-refractivity contribution >= 4 is 18.0 Å². The lowest BCUT2D eigenvalue weighted by Crippen LogP contribution is -2.42. The van der Waals surface area contributed by atoms with Crippen LogP contribution in [-0.4, -0.2) is 41.4 Å². The average Bonchev–Trinajstić information content (AvgIpc) is 3.29. The molecule has 0 heterocycles. The van der Waals surface area contributed by atoms with Crippen LogP contribution in [-0.2, 0) is 20.7 Å². The fourth-order valence-electron chi connectivity index (χ4n) is 5.19. The normalized spacial score (nSPS) is 13.0. The van der Waals surface area contributed by atoms with Gasteiger partial charge in [-0.1, -0.05) is 84.9 Å². The van der Waals surface area contributed by atoms with Crippen LogP contribution in [0.25, 0.3) is 22.3 Å². The maximum absolute atomic E-state index is 12.7. The molecule has 0 aromatic heterocycles. The van der Waals surface area contributed by atoms with E-state index in [4.69, 9.17) is 9.47 Å². The van der Waals surface area contributed by atoms with Gasteiger partial charge >= 0.3 is 18.0 Å². The van der Waals surface area contributed by atoms with Crippen LogP contribution in [0.3, 0.4) is 0 Å². The van der Waals surface area contributed by atoms with Crippen molar-refractivity contribution in [3.8, 4) is 22.3 Å². The number of carboxylic acids is 1. The summed E-state index contributed by atoms with van der Waals surface area (Å²) in [6, 6.07) is 29.4. The zero-order valence-corrected chi connectivity index (χ0v) is 23.8. The minimum atomic E-state index is -1.15. The van der Waals surface area contributed by atoms with Gasteiger partial charge in [-0.3, -0.25) is 0 Å². The molecule has 0 fully saturated rings. The first kappa shape index (κ1) is 28.6. The summed E-state index contributed by atoms with van der Waals surface area (Å²) >= 11 is 0. The molecule has 4 aromatic rings. The molecule has 1 atom stereocenters. The Morgan fingerprint density at radius 2 is 1.31 bits per heavy atom. The minimum Gasteiger partial charge on any atom is -0.480 e. The lowest BCUT2D eigenvalue weighted by atomic mass is 9.98. The van der Waals surface area contributed by atoms with Gasteiger partial charge in [-0.15, -0.1) is 0 Å². The number of alkyl carbamates (subject to hydrolysis) is 1. The zero-order chi connectivity index (χ0) is 29.9. The number of ether oxygens (including phenoxy) is 2. The van der Waals surface area contributed by atoms with Crippen molar-refractivity contribution in [1.82, 2.24) is 5.32 Å².